The zero-order valence-electron chi connectivity index (χ0n) is 13.0. The van der Waals surface area contributed by atoms with Crippen molar-refractivity contribution in [1.82, 2.24) is 14.9 Å². The number of amides is 1. The third-order valence-corrected chi connectivity index (χ3v) is 4.32. The first-order valence-electron chi connectivity index (χ1n) is 7.61. The van der Waals surface area contributed by atoms with Gasteiger partial charge in [0, 0.05) is 26.2 Å². The Morgan fingerprint density at radius 3 is 2.58 bits per heavy atom. The summed E-state index contributed by atoms with van der Waals surface area (Å²) in [6, 6.07) is 7.21. The summed E-state index contributed by atoms with van der Waals surface area (Å²) in [5.74, 6) is 0.696. The molecule has 0 saturated carbocycles. The number of hydrogen-bond acceptors (Lipinski definition) is 5. The maximum Gasteiger partial charge on any atom is 0.238 e. The first kappa shape index (κ1) is 17.0. The van der Waals surface area contributed by atoms with Crippen LogP contribution < -0.4 is 10.2 Å². The zero-order chi connectivity index (χ0) is 16.9. The molecule has 1 aliphatic rings. The second-order valence-electron chi connectivity index (χ2n) is 5.49. The van der Waals surface area contributed by atoms with Crippen molar-refractivity contribution in [1.29, 1.82) is 0 Å². The van der Waals surface area contributed by atoms with Crippen LogP contribution in [0, 0.1) is 0 Å². The van der Waals surface area contributed by atoms with Gasteiger partial charge in [0.05, 0.1) is 29.6 Å². The summed E-state index contributed by atoms with van der Waals surface area (Å²) in [6.45, 7) is 3.41. The van der Waals surface area contributed by atoms with E-state index in [4.69, 9.17) is 23.2 Å². The Morgan fingerprint density at radius 1 is 1.12 bits per heavy atom. The highest BCUT2D eigenvalue weighted by Crippen LogP contribution is 2.20. The lowest BCUT2D eigenvalue weighted by atomic mass is 10.3. The third-order valence-electron chi connectivity index (χ3n) is 3.80. The molecule has 126 valence electrons. The molecule has 1 fully saturated rings. The van der Waals surface area contributed by atoms with Crippen LogP contribution in [0.25, 0.3) is 0 Å². The quantitative estimate of drug-likeness (QED) is 0.901. The SMILES string of the molecule is O=C(CN1CCN(c2cncc(Cl)n2)CC1)Nc1ccccc1Cl. The number of nitrogens with zero attached hydrogens (tertiary/aromatic N) is 4. The van der Waals surface area contributed by atoms with Gasteiger partial charge >= 0.3 is 0 Å². The van der Waals surface area contributed by atoms with E-state index in [9.17, 15) is 4.79 Å². The summed E-state index contributed by atoms with van der Waals surface area (Å²) in [5, 5.41) is 3.76. The van der Waals surface area contributed by atoms with E-state index in [0.29, 0.717) is 22.4 Å². The highest BCUT2D eigenvalue weighted by molar-refractivity contribution is 6.33. The van der Waals surface area contributed by atoms with Crippen molar-refractivity contribution in [2.24, 2.45) is 0 Å². The minimum atomic E-state index is -0.0703. The van der Waals surface area contributed by atoms with E-state index >= 15 is 0 Å². The molecule has 1 aromatic heterocycles. The van der Waals surface area contributed by atoms with Crippen molar-refractivity contribution in [3.63, 3.8) is 0 Å². The summed E-state index contributed by atoms with van der Waals surface area (Å²) >= 11 is 11.9. The fourth-order valence-corrected chi connectivity index (χ4v) is 2.90. The Hall–Kier alpha value is -1.89. The number of anilines is 2. The predicted molar refractivity (Wildman–Crippen MR) is 95.8 cm³/mol. The Kier molecular flexibility index (Phi) is 5.50. The smallest absolute Gasteiger partial charge is 0.238 e. The van der Waals surface area contributed by atoms with Crippen LogP contribution in [0.2, 0.25) is 10.2 Å². The molecule has 1 saturated heterocycles. The number of halogens is 2. The van der Waals surface area contributed by atoms with Crippen LogP contribution in [0.1, 0.15) is 0 Å². The molecule has 6 nitrogen and oxygen atoms in total. The molecule has 0 radical (unpaired) electrons. The summed E-state index contributed by atoms with van der Waals surface area (Å²) < 4.78 is 0. The molecule has 0 unspecified atom stereocenters. The number of rotatable bonds is 4. The van der Waals surface area contributed by atoms with Crippen molar-refractivity contribution >= 4 is 40.6 Å². The monoisotopic (exact) mass is 365 g/mol. The number of nitrogens with one attached hydrogen (secondary N) is 1. The highest BCUT2D eigenvalue weighted by atomic mass is 35.5. The fourth-order valence-electron chi connectivity index (χ4n) is 2.58. The first-order valence-corrected chi connectivity index (χ1v) is 8.36. The number of benzene rings is 1. The van der Waals surface area contributed by atoms with Gasteiger partial charge in [-0.2, -0.15) is 0 Å². The van der Waals surface area contributed by atoms with Gasteiger partial charge in [0.15, 0.2) is 0 Å². The molecule has 3 rings (SSSR count). The topological polar surface area (TPSA) is 61.4 Å². The molecule has 8 heteroatoms. The van der Waals surface area contributed by atoms with Gasteiger partial charge < -0.3 is 10.2 Å². The van der Waals surface area contributed by atoms with Crippen LogP contribution in [-0.4, -0.2) is 53.5 Å². The Balaban J connectivity index is 1.50. The van der Waals surface area contributed by atoms with Crippen molar-refractivity contribution in [3.8, 4) is 0 Å². The van der Waals surface area contributed by atoms with Gasteiger partial charge in [-0.15, -0.1) is 0 Å². The summed E-state index contributed by atoms with van der Waals surface area (Å²) in [5.41, 5.74) is 0.636. The van der Waals surface area contributed by atoms with E-state index in [-0.39, 0.29) is 5.91 Å². The van der Waals surface area contributed by atoms with E-state index in [1.807, 2.05) is 12.1 Å². The minimum absolute atomic E-state index is 0.0703. The Morgan fingerprint density at radius 2 is 1.88 bits per heavy atom. The lowest BCUT2D eigenvalue weighted by Crippen LogP contribution is -2.49. The summed E-state index contributed by atoms with van der Waals surface area (Å²) in [4.78, 5) is 24.7. The van der Waals surface area contributed by atoms with Crippen molar-refractivity contribution in [2.45, 2.75) is 0 Å². The number of carbonyl (C=O) groups excluding carboxylic acids is 1. The lowest BCUT2D eigenvalue weighted by molar-refractivity contribution is -0.117. The molecule has 0 bridgehead atoms. The predicted octanol–water partition coefficient (Wildman–Crippen LogP) is 2.54. The first-order chi connectivity index (χ1) is 11.6. The maximum atomic E-state index is 12.2. The molecule has 1 amide bonds. The van der Waals surface area contributed by atoms with Crippen molar-refractivity contribution in [2.75, 3.05) is 42.9 Å². The number of para-hydroxylation sites is 1. The van der Waals surface area contributed by atoms with E-state index in [1.54, 1.807) is 18.3 Å². The largest absolute Gasteiger partial charge is 0.353 e. The minimum Gasteiger partial charge on any atom is -0.353 e. The molecule has 2 aromatic rings. The Labute approximate surface area is 150 Å². The van der Waals surface area contributed by atoms with Gasteiger partial charge in [0.2, 0.25) is 5.91 Å². The molecule has 1 N–H and O–H groups in total. The molecule has 1 aromatic carbocycles. The van der Waals surface area contributed by atoms with E-state index < -0.39 is 0 Å². The van der Waals surface area contributed by atoms with Gasteiger partial charge in [-0.05, 0) is 12.1 Å². The van der Waals surface area contributed by atoms with Gasteiger partial charge in [-0.1, -0.05) is 35.3 Å². The van der Waals surface area contributed by atoms with Crippen LogP contribution in [0.15, 0.2) is 36.7 Å². The molecule has 0 atom stereocenters. The van der Waals surface area contributed by atoms with Crippen LogP contribution in [0.3, 0.4) is 0 Å². The van der Waals surface area contributed by atoms with Crippen LogP contribution in [0.4, 0.5) is 11.5 Å². The van der Waals surface area contributed by atoms with Crippen LogP contribution in [-0.2, 0) is 4.79 Å². The van der Waals surface area contributed by atoms with Gasteiger partial charge in [0.1, 0.15) is 11.0 Å². The standard InChI is InChI=1S/C16H17Cl2N5O/c17-12-3-1-2-4-13(12)20-16(24)11-22-5-7-23(8-6-22)15-10-19-9-14(18)21-15/h1-4,9-10H,5-8,11H2,(H,20,24). The molecule has 0 spiro atoms. The van der Waals surface area contributed by atoms with Crippen LogP contribution >= 0.6 is 23.2 Å². The second kappa shape index (κ2) is 7.79. The lowest BCUT2D eigenvalue weighted by Gasteiger charge is -2.34. The van der Waals surface area contributed by atoms with Gasteiger partial charge in [0.25, 0.3) is 0 Å². The molecule has 2 heterocycles. The third kappa shape index (κ3) is 4.35. The van der Waals surface area contributed by atoms with Crippen LogP contribution in [0.5, 0.6) is 0 Å². The average Bonchev–Trinajstić information content (AvgIpc) is 2.58. The molecule has 24 heavy (non-hydrogen) atoms. The maximum absolute atomic E-state index is 12.2. The average molecular weight is 366 g/mol. The zero-order valence-corrected chi connectivity index (χ0v) is 14.5. The highest BCUT2D eigenvalue weighted by Gasteiger charge is 2.20. The Bertz CT molecular complexity index is 719. The number of piperazine rings is 1. The van der Waals surface area contributed by atoms with Gasteiger partial charge in [-0.3, -0.25) is 14.7 Å². The van der Waals surface area contributed by atoms with E-state index in [2.05, 4.69) is 25.1 Å². The van der Waals surface area contributed by atoms with E-state index in [0.717, 1.165) is 32.0 Å². The van der Waals surface area contributed by atoms with Crippen molar-refractivity contribution < 1.29 is 4.79 Å². The molecule has 0 aliphatic carbocycles. The number of aromatic nitrogens is 2. The number of hydrogen-bond donors (Lipinski definition) is 1. The van der Waals surface area contributed by atoms with E-state index in [1.165, 1.54) is 6.20 Å². The van der Waals surface area contributed by atoms with Gasteiger partial charge in [-0.25, -0.2) is 4.98 Å². The fraction of sp³-hybridized carbons (Fsp3) is 0.312. The second-order valence-corrected chi connectivity index (χ2v) is 6.29. The summed E-state index contributed by atoms with van der Waals surface area (Å²) in [6.07, 6.45) is 3.21. The summed E-state index contributed by atoms with van der Waals surface area (Å²) in [7, 11) is 0. The molecular weight excluding hydrogens is 349 g/mol. The van der Waals surface area contributed by atoms with Crippen molar-refractivity contribution in [3.05, 3.63) is 46.8 Å². The normalized spacial score (nSPS) is 15.3. The molecule has 1 aliphatic heterocycles. The number of carbonyl (C=O) groups is 1. The molecular formula is C16H17Cl2N5O.